The van der Waals surface area contributed by atoms with E-state index < -0.39 is 10.0 Å². The van der Waals surface area contributed by atoms with Gasteiger partial charge in [0.05, 0.1) is 4.90 Å². The minimum atomic E-state index is -3.77. The lowest BCUT2D eigenvalue weighted by Crippen LogP contribution is -2.25. The van der Waals surface area contributed by atoms with E-state index in [2.05, 4.69) is 5.32 Å². The number of fused-ring (bicyclic) bond motifs is 1. The number of hydrogen-bond donors (Lipinski definition) is 2. The van der Waals surface area contributed by atoms with Crippen LogP contribution >= 0.6 is 0 Å². The maximum Gasteiger partial charge on any atom is 0.287 e. The highest BCUT2D eigenvalue weighted by Gasteiger charge is 2.27. The lowest BCUT2D eigenvalue weighted by atomic mass is 10.1. The summed E-state index contributed by atoms with van der Waals surface area (Å²) in [5, 5.41) is 8.52. The van der Waals surface area contributed by atoms with E-state index in [-0.39, 0.29) is 22.6 Å². The zero-order valence-corrected chi connectivity index (χ0v) is 11.7. The van der Waals surface area contributed by atoms with Crippen molar-refractivity contribution in [2.24, 2.45) is 5.14 Å². The van der Waals surface area contributed by atoms with Gasteiger partial charge in [0, 0.05) is 17.0 Å². The van der Waals surface area contributed by atoms with Crippen LogP contribution in [0.4, 0.5) is 0 Å². The zero-order valence-electron chi connectivity index (χ0n) is 10.8. The topological polar surface area (TPSA) is 102 Å². The number of furan rings is 1. The molecule has 1 aliphatic rings. The monoisotopic (exact) mass is 294 g/mol. The summed E-state index contributed by atoms with van der Waals surface area (Å²) in [5.41, 5.74) is 1.08. The first-order chi connectivity index (χ1) is 9.36. The van der Waals surface area contributed by atoms with Crippen LogP contribution in [0.25, 0.3) is 11.0 Å². The summed E-state index contributed by atoms with van der Waals surface area (Å²) in [4.78, 5) is 12.0. The highest BCUT2D eigenvalue weighted by Crippen LogP contribution is 2.28. The molecule has 1 aromatic heterocycles. The molecule has 7 heteroatoms. The normalized spacial score (nSPS) is 15.5. The summed E-state index contributed by atoms with van der Waals surface area (Å²) in [6.07, 6.45) is 1.97. The Bertz CT molecular complexity index is 803. The van der Waals surface area contributed by atoms with E-state index in [0.717, 1.165) is 12.8 Å². The first-order valence-electron chi connectivity index (χ1n) is 6.23. The predicted octanol–water partition coefficient (Wildman–Crippen LogP) is 1.28. The van der Waals surface area contributed by atoms with E-state index in [9.17, 15) is 13.2 Å². The molecule has 1 heterocycles. The largest absolute Gasteiger partial charge is 0.451 e. The Kier molecular flexibility index (Phi) is 2.84. The third kappa shape index (κ3) is 2.30. The van der Waals surface area contributed by atoms with Crippen LogP contribution in [-0.2, 0) is 10.0 Å². The summed E-state index contributed by atoms with van der Waals surface area (Å²) in [7, 11) is -3.77. The van der Waals surface area contributed by atoms with Gasteiger partial charge >= 0.3 is 0 Å². The number of primary sulfonamides is 1. The Balaban J connectivity index is 2.07. The molecule has 106 valence electrons. The molecule has 20 heavy (non-hydrogen) atoms. The van der Waals surface area contributed by atoms with Crippen molar-refractivity contribution in [3.05, 3.63) is 29.5 Å². The Morgan fingerprint density at radius 3 is 2.70 bits per heavy atom. The number of rotatable bonds is 3. The third-order valence-corrected chi connectivity index (χ3v) is 4.27. The minimum absolute atomic E-state index is 0.00283. The number of nitrogens with one attached hydrogen (secondary N) is 1. The number of carbonyl (C=O) groups excluding carboxylic acids is 1. The van der Waals surface area contributed by atoms with Gasteiger partial charge in [0.25, 0.3) is 5.91 Å². The van der Waals surface area contributed by atoms with Gasteiger partial charge in [-0.25, -0.2) is 13.6 Å². The fourth-order valence-corrected chi connectivity index (χ4v) is 2.61. The fraction of sp³-hybridized carbons (Fsp3) is 0.308. The second kappa shape index (κ2) is 4.32. The highest BCUT2D eigenvalue weighted by molar-refractivity contribution is 7.89. The number of sulfonamides is 1. The highest BCUT2D eigenvalue weighted by atomic mass is 32.2. The van der Waals surface area contributed by atoms with Gasteiger partial charge in [0.1, 0.15) is 5.58 Å². The summed E-state index contributed by atoms with van der Waals surface area (Å²) < 4.78 is 28.2. The van der Waals surface area contributed by atoms with Crippen molar-refractivity contribution >= 4 is 26.9 Å². The predicted molar refractivity (Wildman–Crippen MR) is 72.8 cm³/mol. The van der Waals surface area contributed by atoms with Gasteiger partial charge in [-0.1, -0.05) is 0 Å². The van der Waals surface area contributed by atoms with Crippen molar-refractivity contribution < 1.29 is 17.6 Å². The molecule has 3 rings (SSSR count). The maximum atomic E-state index is 12.0. The molecule has 1 fully saturated rings. The molecule has 1 saturated carbocycles. The molecule has 1 amide bonds. The minimum Gasteiger partial charge on any atom is -0.451 e. The number of hydrogen-bond acceptors (Lipinski definition) is 4. The number of nitrogens with two attached hydrogens (primary N) is 1. The van der Waals surface area contributed by atoms with E-state index in [4.69, 9.17) is 9.56 Å². The van der Waals surface area contributed by atoms with Gasteiger partial charge < -0.3 is 9.73 Å². The molecule has 3 N–H and O–H groups in total. The molecular weight excluding hydrogens is 280 g/mol. The van der Waals surface area contributed by atoms with Crippen LogP contribution in [0.5, 0.6) is 0 Å². The molecule has 0 aliphatic heterocycles. The van der Waals surface area contributed by atoms with Crippen molar-refractivity contribution in [2.45, 2.75) is 30.7 Å². The maximum absolute atomic E-state index is 12.0. The van der Waals surface area contributed by atoms with Crippen molar-refractivity contribution in [3.63, 3.8) is 0 Å². The first-order valence-corrected chi connectivity index (χ1v) is 7.78. The molecular formula is C13H14N2O4S. The van der Waals surface area contributed by atoms with E-state index in [1.54, 1.807) is 6.92 Å². The van der Waals surface area contributed by atoms with E-state index in [1.165, 1.54) is 18.2 Å². The number of amides is 1. The second-order valence-electron chi connectivity index (χ2n) is 5.01. The number of carbonyl (C=O) groups is 1. The Morgan fingerprint density at radius 1 is 1.40 bits per heavy atom. The number of benzene rings is 1. The SMILES string of the molecule is Cc1c(C(=O)NC2CC2)oc2ccc(S(N)(=O)=O)cc12. The van der Waals surface area contributed by atoms with Gasteiger partial charge in [-0.05, 0) is 38.0 Å². The second-order valence-corrected chi connectivity index (χ2v) is 6.57. The average molecular weight is 294 g/mol. The van der Waals surface area contributed by atoms with Crippen LogP contribution in [0.15, 0.2) is 27.5 Å². The van der Waals surface area contributed by atoms with Gasteiger partial charge in [0.15, 0.2) is 5.76 Å². The van der Waals surface area contributed by atoms with Gasteiger partial charge in [-0.2, -0.15) is 0 Å². The lowest BCUT2D eigenvalue weighted by Gasteiger charge is -2.00. The molecule has 0 unspecified atom stereocenters. The van der Waals surface area contributed by atoms with Gasteiger partial charge in [-0.3, -0.25) is 4.79 Å². The van der Waals surface area contributed by atoms with Crippen molar-refractivity contribution in [1.29, 1.82) is 0 Å². The molecule has 0 radical (unpaired) electrons. The fourth-order valence-electron chi connectivity index (χ4n) is 2.07. The van der Waals surface area contributed by atoms with Crippen LogP contribution in [0, 0.1) is 6.92 Å². The molecule has 1 aliphatic carbocycles. The summed E-state index contributed by atoms with van der Waals surface area (Å²) in [6, 6.07) is 4.53. The summed E-state index contributed by atoms with van der Waals surface area (Å²) >= 11 is 0. The van der Waals surface area contributed by atoms with E-state index in [1.807, 2.05) is 0 Å². The van der Waals surface area contributed by atoms with Crippen molar-refractivity contribution in [1.82, 2.24) is 5.32 Å². The Morgan fingerprint density at radius 2 is 2.10 bits per heavy atom. The standard InChI is InChI=1S/C13H14N2O4S/c1-7-10-6-9(20(14,17)18)4-5-11(10)19-12(7)13(16)15-8-2-3-8/h4-6,8H,2-3H2,1H3,(H,15,16)(H2,14,17,18). The molecule has 0 spiro atoms. The molecule has 0 bridgehead atoms. The summed E-state index contributed by atoms with van der Waals surface area (Å²) in [6.45, 7) is 1.72. The van der Waals surface area contributed by atoms with Crippen LogP contribution in [0.1, 0.15) is 29.0 Å². The molecule has 2 aromatic rings. The molecule has 6 nitrogen and oxygen atoms in total. The van der Waals surface area contributed by atoms with Crippen molar-refractivity contribution in [2.75, 3.05) is 0 Å². The average Bonchev–Trinajstić information content (AvgIpc) is 3.11. The van der Waals surface area contributed by atoms with Gasteiger partial charge in [0.2, 0.25) is 10.0 Å². The number of aryl methyl sites for hydroxylation is 1. The van der Waals surface area contributed by atoms with Crippen molar-refractivity contribution in [3.8, 4) is 0 Å². The first kappa shape index (κ1) is 13.1. The zero-order chi connectivity index (χ0) is 14.5. The van der Waals surface area contributed by atoms with Crippen LogP contribution in [-0.4, -0.2) is 20.4 Å². The lowest BCUT2D eigenvalue weighted by molar-refractivity contribution is 0.0924. The Labute approximate surface area is 116 Å². The molecule has 0 atom stereocenters. The van der Waals surface area contributed by atoms with E-state index in [0.29, 0.717) is 16.5 Å². The quantitative estimate of drug-likeness (QED) is 0.890. The Hall–Kier alpha value is -1.86. The molecule has 1 aromatic carbocycles. The van der Waals surface area contributed by atoms with Crippen LogP contribution < -0.4 is 10.5 Å². The summed E-state index contributed by atoms with van der Waals surface area (Å²) in [5.74, 6) is -0.0446. The van der Waals surface area contributed by atoms with Crippen LogP contribution in [0.2, 0.25) is 0 Å². The smallest absolute Gasteiger partial charge is 0.287 e. The van der Waals surface area contributed by atoms with Gasteiger partial charge in [-0.15, -0.1) is 0 Å². The van der Waals surface area contributed by atoms with E-state index >= 15 is 0 Å². The molecule has 0 saturated heterocycles. The third-order valence-electron chi connectivity index (χ3n) is 3.35. The van der Waals surface area contributed by atoms with Crippen LogP contribution in [0.3, 0.4) is 0 Å².